The van der Waals surface area contributed by atoms with Gasteiger partial charge in [-0.1, -0.05) is 84.0 Å². The number of hydrogen-bond acceptors (Lipinski definition) is 2. The van der Waals surface area contributed by atoms with Crippen molar-refractivity contribution in [2.75, 3.05) is 20.3 Å². The highest BCUT2D eigenvalue weighted by Crippen LogP contribution is 2.31. The topological polar surface area (TPSA) is 52.0 Å². The van der Waals surface area contributed by atoms with Crippen molar-refractivity contribution in [2.45, 2.75) is 84.5 Å². The fourth-order valence-corrected chi connectivity index (χ4v) is 5.23. The molecule has 0 amide bonds. The molecule has 0 radical (unpaired) electrons. The van der Waals surface area contributed by atoms with Gasteiger partial charge in [0.25, 0.3) is 0 Å². The second-order valence-electron chi connectivity index (χ2n) is 8.51. The van der Waals surface area contributed by atoms with E-state index in [0.717, 1.165) is 43.5 Å². The Morgan fingerprint density at radius 1 is 0.581 bits per heavy atom. The van der Waals surface area contributed by atoms with E-state index >= 15 is 0 Å². The Hall–Kier alpha value is -0.500. The van der Waals surface area contributed by atoms with Crippen LogP contribution in [0.5, 0.6) is 0 Å². The summed E-state index contributed by atoms with van der Waals surface area (Å²) in [6.45, 7) is 4.55. The lowest BCUT2D eigenvalue weighted by molar-refractivity contribution is 0.766. The van der Waals surface area contributed by atoms with Crippen molar-refractivity contribution in [2.24, 2.45) is 0 Å². The van der Waals surface area contributed by atoms with Gasteiger partial charge in [0.05, 0.1) is 0 Å². The summed E-state index contributed by atoms with van der Waals surface area (Å²) >= 11 is 4.95. The van der Waals surface area contributed by atoms with E-state index in [9.17, 15) is 0 Å². The Balaban J connectivity index is 2.50. The molecule has 0 atom stereocenters. The van der Waals surface area contributed by atoms with Gasteiger partial charge in [0.15, 0.2) is 0 Å². The summed E-state index contributed by atoms with van der Waals surface area (Å²) in [5, 5.41) is 0. The lowest BCUT2D eigenvalue weighted by Crippen LogP contribution is -2.09. The Bertz CT molecular complexity index is 750. The third kappa shape index (κ3) is 7.79. The summed E-state index contributed by atoms with van der Waals surface area (Å²) in [4.78, 5) is 0. The minimum absolute atomic E-state index is 0.978. The first-order valence-corrected chi connectivity index (χ1v) is 15.0. The molecule has 2 aromatic carbocycles. The predicted octanol–water partition coefficient (Wildman–Crippen LogP) is 7.86. The molecule has 0 saturated carbocycles. The van der Waals surface area contributed by atoms with Gasteiger partial charge in [-0.25, -0.2) is 0 Å². The zero-order valence-electron chi connectivity index (χ0n) is 19.4. The summed E-state index contributed by atoms with van der Waals surface area (Å²) in [7, 11) is 0. The molecule has 0 fully saturated rings. The molecule has 0 aliphatic carbocycles. The molecule has 0 unspecified atom stereocenters. The molecule has 4 heteroatoms. The lowest BCUT2D eigenvalue weighted by Gasteiger charge is -2.21. The highest BCUT2D eigenvalue weighted by atomic mass is 127. The van der Waals surface area contributed by atoms with Crippen LogP contribution in [0.25, 0.3) is 0 Å². The van der Waals surface area contributed by atoms with Crippen molar-refractivity contribution in [1.82, 2.24) is 0 Å². The molecule has 31 heavy (non-hydrogen) atoms. The number of nitrogen functional groups attached to an aromatic ring is 2. The lowest BCUT2D eigenvalue weighted by atomic mass is 9.86. The van der Waals surface area contributed by atoms with Gasteiger partial charge < -0.3 is 11.5 Å². The van der Waals surface area contributed by atoms with E-state index in [2.05, 4.69) is 83.3 Å². The molecule has 0 bridgehead atoms. The van der Waals surface area contributed by atoms with Crippen LogP contribution in [-0.2, 0) is 32.1 Å². The smallest absolute Gasteiger partial charge is 0.0349 e. The van der Waals surface area contributed by atoms with E-state index in [4.69, 9.17) is 11.5 Å². The van der Waals surface area contributed by atoms with Crippen molar-refractivity contribution in [3.8, 4) is 0 Å². The van der Waals surface area contributed by atoms with Crippen molar-refractivity contribution in [3.05, 3.63) is 57.6 Å². The Labute approximate surface area is 217 Å². The van der Waals surface area contributed by atoms with Crippen molar-refractivity contribution >= 4 is 56.6 Å². The van der Waals surface area contributed by atoms with Crippen LogP contribution in [0.1, 0.15) is 85.8 Å². The van der Waals surface area contributed by atoms with Gasteiger partial charge >= 0.3 is 0 Å². The van der Waals surface area contributed by atoms with Crippen LogP contribution in [0, 0.1) is 0 Å². The largest absolute Gasteiger partial charge is 0.398 e. The van der Waals surface area contributed by atoms with Crippen molar-refractivity contribution in [1.29, 1.82) is 0 Å². The molecule has 172 valence electrons. The van der Waals surface area contributed by atoms with Gasteiger partial charge in [-0.15, -0.1) is 0 Å². The SMILES string of the molecule is CCCCc1c(Cc2ccc(N)c(CCCI)c2CCCC)ccc(N)c1CCCI. The molecule has 0 heterocycles. The first kappa shape index (κ1) is 26.7. The van der Waals surface area contributed by atoms with Gasteiger partial charge in [-0.2, -0.15) is 0 Å². The summed E-state index contributed by atoms with van der Waals surface area (Å²) in [5.74, 6) is 0. The number of nitrogens with two attached hydrogens (primary N) is 2. The molecule has 0 aliphatic heterocycles. The maximum Gasteiger partial charge on any atom is 0.0349 e. The van der Waals surface area contributed by atoms with Gasteiger partial charge in [-0.3, -0.25) is 0 Å². The van der Waals surface area contributed by atoms with Crippen LogP contribution in [0.15, 0.2) is 24.3 Å². The molecule has 2 rings (SSSR count). The summed E-state index contributed by atoms with van der Waals surface area (Å²) < 4.78 is 2.35. The zero-order valence-corrected chi connectivity index (χ0v) is 23.7. The second kappa shape index (κ2) is 14.6. The van der Waals surface area contributed by atoms with Crippen LogP contribution in [0.2, 0.25) is 0 Å². The zero-order chi connectivity index (χ0) is 22.6. The average molecular weight is 646 g/mol. The first-order chi connectivity index (χ1) is 15.1. The molecular weight excluding hydrogens is 606 g/mol. The molecule has 0 spiro atoms. The highest BCUT2D eigenvalue weighted by molar-refractivity contribution is 14.1. The van der Waals surface area contributed by atoms with E-state index < -0.39 is 0 Å². The number of anilines is 2. The van der Waals surface area contributed by atoms with Crippen LogP contribution in [0.4, 0.5) is 11.4 Å². The van der Waals surface area contributed by atoms with Gasteiger partial charge in [0, 0.05) is 11.4 Å². The average Bonchev–Trinajstić information content (AvgIpc) is 2.77. The molecule has 0 aromatic heterocycles. The molecule has 4 N–H and O–H groups in total. The van der Waals surface area contributed by atoms with E-state index in [1.807, 2.05) is 0 Å². The Morgan fingerprint density at radius 2 is 0.968 bits per heavy atom. The molecule has 0 saturated heterocycles. The summed E-state index contributed by atoms with van der Waals surface area (Å²) in [5.41, 5.74) is 23.7. The molecule has 2 nitrogen and oxygen atoms in total. The summed E-state index contributed by atoms with van der Waals surface area (Å²) in [6, 6.07) is 8.87. The van der Waals surface area contributed by atoms with E-state index in [0.29, 0.717) is 0 Å². The first-order valence-electron chi connectivity index (χ1n) is 12.0. The van der Waals surface area contributed by atoms with Crippen LogP contribution < -0.4 is 11.5 Å². The minimum atomic E-state index is 0.978. The van der Waals surface area contributed by atoms with E-state index in [1.54, 1.807) is 0 Å². The maximum atomic E-state index is 6.47. The second-order valence-corrected chi connectivity index (χ2v) is 10.7. The maximum absolute atomic E-state index is 6.47. The van der Waals surface area contributed by atoms with Gasteiger partial charge in [-0.05, 0) is 112 Å². The fourth-order valence-electron chi connectivity index (χ4n) is 4.46. The number of benzene rings is 2. The Kier molecular flexibility index (Phi) is 12.6. The van der Waals surface area contributed by atoms with Crippen LogP contribution in [0.3, 0.4) is 0 Å². The van der Waals surface area contributed by atoms with Gasteiger partial charge in [0.1, 0.15) is 0 Å². The minimum Gasteiger partial charge on any atom is -0.398 e. The van der Waals surface area contributed by atoms with Crippen LogP contribution in [-0.4, -0.2) is 8.86 Å². The number of halogens is 2. The number of alkyl halides is 2. The van der Waals surface area contributed by atoms with Crippen molar-refractivity contribution in [3.63, 3.8) is 0 Å². The number of hydrogen-bond donors (Lipinski definition) is 2. The van der Waals surface area contributed by atoms with Crippen LogP contribution >= 0.6 is 45.2 Å². The van der Waals surface area contributed by atoms with Gasteiger partial charge in [0.2, 0.25) is 0 Å². The van der Waals surface area contributed by atoms with Crippen molar-refractivity contribution < 1.29 is 0 Å². The third-order valence-electron chi connectivity index (χ3n) is 6.19. The number of rotatable bonds is 14. The molecule has 2 aromatic rings. The predicted molar refractivity (Wildman–Crippen MR) is 156 cm³/mol. The molecular formula is C27H40I2N2. The normalized spacial score (nSPS) is 11.2. The Morgan fingerprint density at radius 3 is 1.32 bits per heavy atom. The monoisotopic (exact) mass is 646 g/mol. The number of unbranched alkanes of at least 4 members (excludes halogenated alkanes) is 2. The quantitative estimate of drug-likeness (QED) is 0.125. The summed E-state index contributed by atoms with van der Waals surface area (Å²) in [6.07, 6.45) is 12.7. The highest BCUT2D eigenvalue weighted by Gasteiger charge is 2.16. The van der Waals surface area contributed by atoms with E-state index in [-0.39, 0.29) is 0 Å². The standard InChI is InChI=1S/C27H40I2N2/c1-3-5-9-22-20(13-15-26(30)24(22)11-7-17-28)19-21-14-16-27(31)25(12-8-18-29)23(21)10-6-4-2/h13-16H,3-12,17-19,30-31H2,1-2H3. The molecule has 0 aliphatic rings. The third-order valence-corrected chi connectivity index (χ3v) is 7.72. The van der Waals surface area contributed by atoms with E-state index in [1.165, 1.54) is 80.8 Å². The fraction of sp³-hybridized carbons (Fsp3) is 0.556.